The number of benzene rings is 2. The number of hydrogen-bond donors (Lipinski definition) is 0. The first-order chi connectivity index (χ1) is 10.3. The summed E-state index contributed by atoms with van der Waals surface area (Å²) in [6.45, 7) is 1.55. The Kier molecular flexibility index (Phi) is 3.89. The summed E-state index contributed by atoms with van der Waals surface area (Å²) in [6, 6.07) is 18.4. The molecule has 1 atom stereocenters. The van der Waals surface area contributed by atoms with Gasteiger partial charge in [0.25, 0.3) is 0 Å². The van der Waals surface area contributed by atoms with Gasteiger partial charge in [0.05, 0.1) is 24.3 Å². The van der Waals surface area contributed by atoms with Crippen LogP contribution < -0.4 is 4.90 Å². The van der Waals surface area contributed by atoms with E-state index in [1.54, 1.807) is 0 Å². The Balaban J connectivity index is 1.98. The quantitative estimate of drug-likeness (QED) is 0.803. The topological polar surface area (TPSA) is 36.3 Å². The molecule has 1 aliphatic heterocycles. The lowest BCUT2D eigenvalue weighted by atomic mass is 9.97. The third-order valence-corrected chi connectivity index (χ3v) is 3.94. The van der Waals surface area contributed by atoms with Crippen LogP contribution in [-0.4, -0.2) is 20.2 Å². The number of nitrogens with zero attached hydrogens (tertiary/aromatic N) is 2. The minimum atomic E-state index is 0.0487. The molecule has 0 spiro atoms. The molecule has 0 radical (unpaired) electrons. The van der Waals surface area contributed by atoms with Gasteiger partial charge in [0.15, 0.2) is 0 Å². The van der Waals surface area contributed by atoms with Gasteiger partial charge < -0.3 is 9.64 Å². The van der Waals surface area contributed by atoms with Crippen LogP contribution in [0.5, 0.6) is 0 Å². The van der Waals surface area contributed by atoms with E-state index in [0.29, 0.717) is 12.2 Å². The van der Waals surface area contributed by atoms with E-state index >= 15 is 0 Å². The van der Waals surface area contributed by atoms with Crippen molar-refractivity contribution in [1.29, 1.82) is 5.26 Å². The van der Waals surface area contributed by atoms with Gasteiger partial charge in [-0.1, -0.05) is 30.3 Å². The highest BCUT2D eigenvalue weighted by atomic mass is 16.5. The number of likely N-dealkylation sites (N-methyl/N-ethyl adjacent to an activating group) is 1. The highest BCUT2D eigenvalue weighted by molar-refractivity contribution is 5.57. The van der Waals surface area contributed by atoms with E-state index < -0.39 is 0 Å². The van der Waals surface area contributed by atoms with Crippen molar-refractivity contribution < 1.29 is 4.74 Å². The zero-order chi connectivity index (χ0) is 14.7. The van der Waals surface area contributed by atoms with Gasteiger partial charge in [0.1, 0.15) is 0 Å². The molecule has 0 aliphatic carbocycles. The molecule has 0 N–H and O–H groups in total. The van der Waals surface area contributed by atoms with Crippen LogP contribution in [0, 0.1) is 11.3 Å². The van der Waals surface area contributed by atoms with Gasteiger partial charge in [0, 0.05) is 25.7 Å². The SMILES string of the molecule is CN1CCOC(c2ccccc2)Cc2cc(C#N)ccc21. The number of nitriles is 1. The number of fused-ring (bicyclic) bond motifs is 1. The van der Waals surface area contributed by atoms with Gasteiger partial charge in [-0.15, -0.1) is 0 Å². The molecular weight excluding hydrogens is 260 g/mol. The highest BCUT2D eigenvalue weighted by Crippen LogP contribution is 2.30. The van der Waals surface area contributed by atoms with Crippen molar-refractivity contribution in [2.24, 2.45) is 0 Å². The maximum Gasteiger partial charge on any atom is 0.0991 e. The summed E-state index contributed by atoms with van der Waals surface area (Å²) in [5, 5.41) is 9.12. The molecule has 0 bridgehead atoms. The molecule has 3 heteroatoms. The summed E-state index contributed by atoms with van der Waals surface area (Å²) in [5.41, 5.74) is 4.26. The van der Waals surface area contributed by atoms with Crippen LogP contribution in [0.1, 0.15) is 22.8 Å². The standard InChI is InChI=1S/C18H18N2O/c1-20-9-10-21-18(15-5-3-2-4-6-15)12-16-11-14(13-19)7-8-17(16)20/h2-8,11,18H,9-10,12H2,1H3. The Morgan fingerprint density at radius 1 is 1.19 bits per heavy atom. The molecule has 0 saturated heterocycles. The first-order valence-corrected chi connectivity index (χ1v) is 7.18. The Bertz CT molecular complexity index is 661. The van der Waals surface area contributed by atoms with Crippen molar-refractivity contribution in [2.75, 3.05) is 25.1 Å². The number of anilines is 1. The second-order valence-corrected chi connectivity index (χ2v) is 5.35. The largest absolute Gasteiger partial charge is 0.372 e. The Hall–Kier alpha value is -2.31. The monoisotopic (exact) mass is 278 g/mol. The van der Waals surface area contributed by atoms with Crippen molar-refractivity contribution >= 4 is 5.69 Å². The summed E-state index contributed by atoms with van der Waals surface area (Å²) in [4.78, 5) is 2.19. The fourth-order valence-electron chi connectivity index (χ4n) is 2.78. The van der Waals surface area contributed by atoms with E-state index in [2.05, 4.69) is 30.1 Å². The molecule has 0 saturated carbocycles. The summed E-state index contributed by atoms with van der Waals surface area (Å²) in [7, 11) is 2.07. The second kappa shape index (κ2) is 5.99. The van der Waals surface area contributed by atoms with Crippen molar-refractivity contribution in [1.82, 2.24) is 0 Å². The lowest BCUT2D eigenvalue weighted by Gasteiger charge is -2.29. The van der Waals surface area contributed by atoms with Crippen LogP contribution in [0.25, 0.3) is 0 Å². The van der Waals surface area contributed by atoms with Gasteiger partial charge in [-0.3, -0.25) is 0 Å². The molecule has 106 valence electrons. The molecule has 0 amide bonds. The van der Waals surface area contributed by atoms with Crippen LogP contribution in [0.2, 0.25) is 0 Å². The van der Waals surface area contributed by atoms with Gasteiger partial charge in [0.2, 0.25) is 0 Å². The zero-order valence-electron chi connectivity index (χ0n) is 12.1. The van der Waals surface area contributed by atoms with Gasteiger partial charge in [-0.25, -0.2) is 0 Å². The maximum absolute atomic E-state index is 9.12. The Morgan fingerprint density at radius 3 is 2.76 bits per heavy atom. The van der Waals surface area contributed by atoms with Crippen molar-refractivity contribution in [3.05, 3.63) is 65.2 Å². The first-order valence-electron chi connectivity index (χ1n) is 7.18. The Labute approximate surface area is 125 Å². The van der Waals surface area contributed by atoms with Crippen molar-refractivity contribution in [3.63, 3.8) is 0 Å². The lowest BCUT2D eigenvalue weighted by molar-refractivity contribution is 0.0560. The van der Waals surface area contributed by atoms with Crippen molar-refractivity contribution in [3.8, 4) is 6.07 Å². The fraction of sp³-hybridized carbons (Fsp3) is 0.278. The highest BCUT2D eigenvalue weighted by Gasteiger charge is 2.20. The molecule has 1 aliphatic rings. The molecule has 0 aromatic heterocycles. The maximum atomic E-state index is 9.12. The molecule has 3 nitrogen and oxygen atoms in total. The van der Waals surface area contributed by atoms with E-state index in [9.17, 15) is 0 Å². The second-order valence-electron chi connectivity index (χ2n) is 5.35. The van der Waals surface area contributed by atoms with E-state index in [4.69, 9.17) is 10.00 Å². The normalized spacial score (nSPS) is 18.3. The Morgan fingerprint density at radius 2 is 2.00 bits per heavy atom. The minimum absolute atomic E-state index is 0.0487. The zero-order valence-corrected chi connectivity index (χ0v) is 12.1. The van der Waals surface area contributed by atoms with E-state index in [1.165, 1.54) is 16.8 Å². The summed E-state index contributed by atoms with van der Waals surface area (Å²) in [5.74, 6) is 0. The van der Waals surface area contributed by atoms with Gasteiger partial charge in [-0.2, -0.15) is 5.26 Å². The van der Waals surface area contributed by atoms with Crippen molar-refractivity contribution in [2.45, 2.75) is 12.5 Å². The third-order valence-electron chi connectivity index (χ3n) is 3.94. The minimum Gasteiger partial charge on any atom is -0.372 e. The average Bonchev–Trinajstić information content (AvgIpc) is 2.52. The molecule has 2 aromatic rings. The van der Waals surface area contributed by atoms with Gasteiger partial charge >= 0.3 is 0 Å². The number of hydrogen-bond acceptors (Lipinski definition) is 3. The van der Waals surface area contributed by atoms with E-state index in [1.807, 2.05) is 36.4 Å². The predicted molar refractivity (Wildman–Crippen MR) is 83.3 cm³/mol. The van der Waals surface area contributed by atoms with Crippen LogP contribution in [0.4, 0.5) is 5.69 Å². The first kappa shape index (κ1) is 13.7. The lowest BCUT2D eigenvalue weighted by Crippen LogP contribution is -2.27. The average molecular weight is 278 g/mol. The predicted octanol–water partition coefficient (Wildman–Crippen LogP) is 3.31. The number of ether oxygens (including phenoxy) is 1. The summed E-state index contributed by atoms with van der Waals surface area (Å²) >= 11 is 0. The molecule has 0 fully saturated rings. The number of rotatable bonds is 1. The molecule has 2 aromatic carbocycles. The van der Waals surface area contributed by atoms with Crippen LogP contribution >= 0.6 is 0 Å². The molecule has 3 rings (SSSR count). The molecule has 21 heavy (non-hydrogen) atoms. The van der Waals surface area contributed by atoms with Crippen LogP contribution in [0.15, 0.2) is 48.5 Å². The van der Waals surface area contributed by atoms with Gasteiger partial charge in [-0.05, 0) is 29.3 Å². The fourth-order valence-corrected chi connectivity index (χ4v) is 2.78. The van der Waals surface area contributed by atoms with E-state index in [0.717, 1.165) is 13.0 Å². The molecule has 1 unspecified atom stereocenters. The van der Waals surface area contributed by atoms with Crippen LogP contribution in [0.3, 0.4) is 0 Å². The smallest absolute Gasteiger partial charge is 0.0991 e. The third kappa shape index (κ3) is 2.91. The summed E-state index contributed by atoms with van der Waals surface area (Å²) < 4.78 is 6.05. The summed E-state index contributed by atoms with van der Waals surface area (Å²) in [6.07, 6.45) is 0.840. The molecular formula is C18H18N2O. The van der Waals surface area contributed by atoms with E-state index in [-0.39, 0.29) is 6.10 Å². The molecule has 1 heterocycles. The van der Waals surface area contributed by atoms with Crippen LogP contribution in [-0.2, 0) is 11.2 Å².